The monoisotopic (exact) mass is 312 g/mol. The van der Waals surface area contributed by atoms with Crippen molar-refractivity contribution in [2.45, 2.75) is 29.5 Å². The molecule has 0 saturated heterocycles. The predicted molar refractivity (Wildman–Crippen MR) is 78.3 cm³/mol. The van der Waals surface area contributed by atoms with Crippen molar-refractivity contribution < 1.29 is 8.42 Å². The lowest BCUT2D eigenvalue weighted by atomic mass is 10.2. The number of anilines is 1. The van der Waals surface area contributed by atoms with E-state index >= 15 is 0 Å². The molecule has 104 valence electrons. The number of nitrogens with one attached hydrogen (secondary N) is 1. The van der Waals surface area contributed by atoms with Crippen LogP contribution in [0.1, 0.15) is 18.4 Å². The Morgan fingerprint density at radius 2 is 1.94 bits per heavy atom. The summed E-state index contributed by atoms with van der Waals surface area (Å²) in [6, 6.07) is 5.00. The summed E-state index contributed by atoms with van der Waals surface area (Å²) < 4.78 is 24.3. The van der Waals surface area contributed by atoms with Crippen molar-refractivity contribution in [1.29, 1.82) is 0 Å². The van der Waals surface area contributed by atoms with E-state index in [2.05, 4.69) is 5.32 Å². The van der Waals surface area contributed by atoms with Crippen LogP contribution in [0.5, 0.6) is 0 Å². The fourth-order valence-electron chi connectivity index (χ4n) is 1.76. The van der Waals surface area contributed by atoms with Gasteiger partial charge < -0.3 is 11.1 Å². The molecule has 4 nitrogen and oxygen atoms in total. The maximum Gasteiger partial charge on any atom is 0.181 e. The van der Waals surface area contributed by atoms with E-state index in [9.17, 15) is 8.42 Å². The maximum atomic E-state index is 12.1. The van der Waals surface area contributed by atoms with Crippen molar-refractivity contribution in [3.05, 3.63) is 23.8 Å². The van der Waals surface area contributed by atoms with Gasteiger partial charge in [-0.2, -0.15) is 0 Å². The van der Waals surface area contributed by atoms with Crippen molar-refractivity contribution in [1.82, 2.24) is 5.32 Å². The normalized spacial score (nSPS) is 14.5. The van der Waals surface area contributed by atoms with Gasteiger partial charge in [-0.3, -0.25) is 0 Å². The molecule has 1 aromatic carbocycles. The summed E-state index contributed by atoms with van der Waals surface area (Å²) >= 11 is 0. The highest BCUT2D eigenvalue weighted by Crippen LogP contribution is 2.35. The molecule has 1 aliphatic carbocycles. The van der Waals surface area contributed by atoms with Crippen molar-refractivity contribution in [2.75, 3.05) is 12.8 Å². The molecule has 0 heterocycles. The average Bonchev–Trinajstić information content (AvgIpc) is 3.01. The molecule has 2 rings (SSSR count). The molecule has 0 amide bonds. The van der Waals surface area contributed by atoms with Gasteiger partial charge in [0.15, 0.2) is 9.84 Å². The first-order chi connectivity index (χ1) is 7.55. The minimum absolute atomic E-state index is 0. The van der Waals surface area contributed by atoms with Crippen LogP contribution in [-0.4, -0.2) is 20.7 Å². The van der Waals surface area contributed by atoms with Gasteiger partial charge in [0.1, 0.15) is 0 Å². The molecule has 1 aliphatic rings. The molecule has 7 heteroatoms. The van der Waals surface area contributed by atoms with Gasteiger partial charge in [-0.05, 0) is 43.7 Å². The van der Waals surface area contributed by atoms with Crippen molar-refractivity contribution >= 4 is 40.3 Å². The highest BCUT2D eigenvalue weighted by atomic mass is 35.5. The number of halogens is 2. The van der Waals surface area contributed by atoms with Gasteiger partial charge in [0.25, 0.3) is 0 Å². The second-order valence-corrected chi connectivity index (χ2v) is 6.34. The smallest absolute Gasteiger partial charge is 0.181 e. The molecular weight excluding hydrogens is 295 g/mol. The highest BCUT2D eigenvalue weighted by Gasteiger charge is 2.37. The Bertz CT molecular complexity index is 502. The summed E-state index contributed by atoms with van der Waals surface area (Å²) in [4.78, 5) is 0.429. The van der Waals surface area contributed by atoms with Crippen LogP contribution in [0.25, 0.3) is 0 Å². The van der Waals surface area contributed by atoms with Crippen LogP contribution in [-0.2, 0) is 16.4 Å². The molecule has 18 heavy (non-hydrogen) atoms. The molecule has 1 saturated carbocycles. The first kappa shape index (κ1) is 17.5. The van der Waals surface area contributed by atoms with Crippen molar-refractivity contribution in [3.8, 4) is 0 Å². The lowest BCUT2D eigenvalue weighted by Gasteiger charge is -2.10. The standard InChI is InChI=1S/C11H16N2O2S.2ClH/c1-13-7-8-6-9(12)2-5-11(8)16(14,15)10-3-4-10;;/h2,5-6,10,13H,3-4,7,12H2,1H3;2*1H. The summed E-state index contributed by atoms with van der Waals surface area (Å²) in [5, 5.41) is 2.79. The molecule has 0 radical (unpaired) electrons. The lowest BCUT2D eigenvalue weighted by molar-refractivity contribution is 0.593. The first-order valence-corrected chi connectivity index (χ1v) is 6.87. The third kappa shape index (κ3) is 3.51. The fourth-order valence-corrected chi connectivity index (χ4v) is 3.63. The number of sulfone groups is 1. The average molecular weight is 313 g/mol. The molecule has 0 atom stereocenters. The van der Waals surface area contributed by atoms with Crippen molar-refractivity contribution in [2.24, 2.45) is 0 Å². The molecule has 1 fully saturated rings. The summed E-state index contributed by atoms with van der Waals surface area (Å²) in [6.45, 7) is 0.520. The van der Waals surface area contributed by atoms with Crippen LogP contribution in [0.4, 0.5) is 5.69 Å². The zero-order valence-electron chi connectivity index (χ0n) is 10.0. The van der Waals surface area contributed by atoms with Crippen LogP contribution >= 0.6 is 24.8 Å². The molecule has 1 aromatic rings. The first-order valence-electron chi connectivity index (χ1n) is 5.32. The third-order valence-corrected chi connectivity index (χ3v) is 5.08. The quantitative estimate of drug-likeness (QED) is 0.831. The lowest BCUT2D eigenvalue weighted by Crippen LogP contribution is -2.14. The summed E-state index contributed by atoms with van der Waals surface area (Å²) in [7, 11) is -1.34. The minimum atomic E-state index is -3.13. The summed E-state index contributed by atoms with van der Waals surface area (Å²) in [5.74, 6) is 0. The Balaban J connectivity index is 0.00000144. The van der Waals surface area contributed by atoms with Gasteiger partial charge in [0.2, 0.25) is 0 Å². The van der Waals surface area contributed by atoms with E-state index in [1.165, 1.54) is 0 Å². The second-order valence-electron chi connectivity index (χ2n) is 4.14. The zero-order chi connectivity index (χ0) is 11.8. The van der Waals surface area contributed by atoms with E-state index in [1.807, 2.05) is 0 Å². The minimum Gasteiger partial charge on any atom is -0.399 e. The molecule has 0 aliphatic heterocycles. The predicted octanol–water partition coefficient (Wildman–Crippen LogP) is 1.77. The maximum absolute atomic E-state index is 12.1. The largest absolute Gasteiger partial charge is 0.399 e. The van der Waals surface area contributed by atoms with Crippen LogP contribution in [0.3, 0.4) is 0 Å². The number of hydrogen-bond acceptors (Lipinski definition) is 4. The van der Waals surface area contributed by atoms with Gasteiger partial charge in [0, 0.05) is 12.2 Å². The van der Waals surface area contributed by atoms with Crippen LogP contribution in [0.15, 0.2) is 23.1 Å². The van der Waals surface area contributed by atoms with Crippen molar-refractivity contribution in [3.63, 3.8) is 0 Å². The Morgan fingerprint density at radius 3 is 2.44 bits per heavy atom. The molecule has 0 aromatic heterocycles. The SMILES string of the molecule is CNCc1cc(N)ccc1S(=O)(=O)C1CC1.Cl.Cl. The van der Waals surface area contributed by atoms with E-state index < -0.39 is 9.84 Å². The van der Waals surface area contributed by atoms with Gasteiger partial charge in [-0.1, -0.05) is 0 Å². The Hall–Kier alpha value is -0.490. The van der Waals surface area contributed by atoms with Gasteiger partial charge in [-0.15, -0.1) is 24.8 Å². The van der Waals surface area contributed by atoms with Crippen LogP contribution in [0.2, 0.25) is 0 Å². The Kier molecular flexibility index (Phi) is 6.43. The number of benzene rings is 1. The highest BCUT2D eigenvalue weighted by molar-refractivity contribution is 7.92. The molecule has 0 spiro atoms. The molecule has 3 N–H and O–H groups in total. The Labute approximate surface area is 120 Å². The third-order valence-electron chi connectivity index (χ3n) is 2.72. The number of hydrogen-bond donors (Lipinski definition) is 2. The number of nitrogen functional groups attached to an aromatic ring is 1. The van der Waals surface area contributed by atoms with Gasteiger partial charge in [0.05, 0.1) is 10.1 Å². The van der Waals surface area contributed by atoms with Crippen LogP contribution < -0.4 is 11.1 Å². The molecule has 0 bridgehead atoms. The van der Waals surface area contributed by atoms with Crippen LogP contribution in [0, 0.1) is 0 Å². The summed E-state index contributed by atoms with van der Waals surface area (Å²) in [6.07, 6.45) is 1.57. The van der Waals surface area contributed by atoms with Gasteiger partial charge in [-0.25, -0.2) is 8.42 Å². The van der Waals surface area contributed by atoms with E-state index in [4.69, 9.17) is 5.73 Å². The van der Waals surface area contributed by atoms with E-state index in [0.717, 1.165) is 18.4 Å². The second kappa shape index (κ2) is 6.61. The molecule has 0 unspecified atom stereocenters. The van der Waals surface area contributed by atoms with E-state index in [-0.39, 0.29) is 30.1 Å². The number of nitrogens with two attached hydrogens (primary N) is 1. The fraction of sp³-hybridized carbons (Fsp3) is 0.455. The van der Waals surface area contributed by atoms with E-state index in [1.54, 1.807) is 25.2 Å². The number of rotatable bonds is 4. The zero-order valence-corrected chi connectivity index (χ0v) is 12.5. The van der Waals surface area contributed by atoms with E-state index in [0.29, 0.717) is 17.1 Å². The van der Waals surface area contributed by atoms with Gasteiger partial charge >= 0.3 is 0 Å². The summed E-state index contributed by atoms with van der Waals surface area (Å²) in [5.41, 5.74) is 7.03. The molecular formula is C11H18Cl2N2O2S. The topological polar surface area (TPSA) is 72.2 Å². The Morgan fingerprint density at radius 1 is 1.33 bits per heavy atom.